The summed E-state index contributed by atoms with van der Waals surface area (Å²) >= 11 is 0. The van der Waals surface area contributed by atoms with Crippen LogP contribution in [0.2, 0.25) is 0 Å². The topological polar surface area (TPSA) is 713 Å². The summed E-state index contributed by atoms with van der Waals surface area (Å²) < 4.78 is -1.23. The van der Waals surface area contributed by atoms with Gasteiger partial charge in [0.2, 0.25) is 35.4 Å². The Bertz CT molecular complexity index is 2460. The number of aliphatic hydroxyl groups excluding tert-OH is 15. The average molecular weight is 1400 g/mol. The van der Waals surface area contributed by atoms with Crippen LogP contribution in [0, 0.1) is 11.8 Å². The van der Waals surface area contributed by atoms with Crippen LogP contribution >= 0.6 is 21.6 Å². The van der Waals surface area contributed by atoms with Crippen molar-refractivity contribution in [1.82, 2.24) is 31.9 Å². The van der Waals surface area contributed by atoms with Gasteiger partial charge in [0.1, 0.15) is 67.0 Å². The van der Waals surface area contributed by atoms with Crippen LogP contribution in [-0.4, -0.2) is 321 Å². The predicted octanol–water partition coefficient (Wildman–Crippen LogP) is -11.7. The molecule has 0 aromatic heterocycles. The summed E-state index contributed by atoms with van der Waals surface area (Å²) in [5.74, 6) is -19.4. The molecule has 19 unspecified atom stereocenters. The van der Waals surface area contributed by atoms with Gasteiger partial charge < -0.3 is 140 Å². The number of nitrogens with one attached hydrogen (secondary N) is 6. The zero-order valence-corrected chi connectivity index (χ0v) is 52.9. The van der Waals surface area contributed by atoms with E-state index in [9.17, 15) is 139 Å². The molecule has 0 rings (SSSR count). The highest BCUT2D eigenvalue weighted by Gasteiger charge is 2.38. The smallest absolute Gasteiger partial charge is 0.327 e. The molecule has 0 aliphatic rings. The van der Waals surface area contributed by atoms with Gasteiger partial charge in [-0.1, -0.05) is 21.6 Å². The third-order valence-corrected chi connectivity index (χ3v) is 17.8. The molecule has 29 N–H and O–H groups in total. The first kappa shape index (κ1) is 88.1. The Hall–Kier alpha value is -5.94. The number of amides is 6. The third-order valence-electron chi connectivity index (χ3n) is 14.4. The van der Waals surface area contributed by atoms with Gasteiger partial charge in [0.15, 0.2) is 11.6 Å². The van der Waals surface area contributed by atoms with Crippen LogP contribution in [-0.2, 0) is 57.5 Å². The second-order valence-corrected chi connectivity index (χ2v) is 25.4. The number of carbonyl (C=O) groups is 12. The van der Waals surface area contributed by atoms with E-state index in [2.05, 4.69) is 31.9 Å². The molecular weight excluding hydrogens is 1310 g/mol. The SMILES string of the molecule is CC(C)(SSCC(NC(=O)C(CCC(=O)NCC(O)C(O)C(O)C(O)CO)CC(=O)C(CCC(=O)O)NC(=O)C(CCC(=O)NCC(O)C(O)C(O)C(O)CO)CC(=O)C(CCC(=O)O)NC(=O)C(N)CCC(=O)NCC(O)C(O)C(O)C(O)CO)C(=O)O)C(N)C(=O)O. The monoisotopic (exact) mass is 1400 g/mol. The van der Waals surface area contributed by atoms with Crippen LogP contribution in [0.1, 0.15) is 90.9 Å². The van der Waals surface area contributed by atoms with Crippen molar-refractivity contribution in [2.24, 2.45) is 23.3 Å². The number of carboxylic acid groups (broad SMARTS) is 4. The minimum absolute atomic E-state index is 0.489. The molecule has 542 valence electrons. The maximum Gasteiger partial charge on any atom is 0.327 e. The number of aliphatic hydroxyl groups is 15. The van der Waals surface area contributed by atoms with Crippen molar-refractivity contribution in [3.8, 4) is 0 Å². The van der Waals surface area contributed by atoms with E-state index >= 15 is 0 Å². The van der Waals surface area contributed by atoms with E-state index in [1.54, 1.807) is 0 Å². The quantitative estimate of drug-likeness (QED) is 0.0252. The van der Waals surface area contributed by atoms with Crippen molar-refractivity contribution >= 4 is 92.5 Å². The lowest BCUT2D eigenvalue weighted by molar-refractivity contribution is -0.142. The molecular formula is C53H92N8O31S2. The number of carbonyl (C=O) groups excluding carboxylic acids is 8. The van der Waals surface area contributed by atoms with Crippen molar-refractivity contribution in [2.45, 2.75) is 199 Å². The summed E-state index contributed by atoms with van der Waals surface area (Å²) in [5, 5.41) is 199. The molecule has 0 spiro atoms. The molecule has 6 amide bonds. The Kier molecular flexibility index (Phi) is 41.9. The number of aliphatic carboxylic acids is 4. The highest BCUT2D eigenvalue weighted by atomic mass is 33.1. The van der Waals surface area contributed by atoms with Gasteiger partial charge in [0, 0.05) is 86.9 Å². The van der Waals surface area contributed by atoms with E-state index in [0.29, 0.717) is 0 Å². The van der Waals surface area contributed by atoms with Crippen LogP contribution in [0.4, 0.5) is 0 Å². The van der Waals surface area contributed by atoms with E-state index < -0.39 is 313 Å². The number of Topliss-reactive ketones (excluding diaryl/α,β-unsaturated/α-hetero) is 2. The molecule has 0 fully saturated rings. The van der Waals surface area contributed by atoms with Crippen LogP contribution in [0.25, 0.3) is 0 Å². The third kappa shape index (κ3) is 33.1. The summed E-state index contributed by atoms with van der Waals surface area (Å²) in [6, 6.07) is -8.77. The van der Waals surface area contributed by atoms with Gasteiger partial charge in [-0.2, -0.15) is 0 Å². The molecule has 39 nitrogen and oxygen atoms in total. The Morgan fingerprint density at radius 3 is 1.02 bits per heavy atom. The predicted molar refractivity (Wildman–Crippen MR) is 321 cm³/mol. The fraction of sp³-hybridized carbons (Fsp3) is 0.774. The summed E-state index contributed by atoms with van der Waals surface area (Å²) in [5.41, 5.74) is 11.7. The van der Waals surface area contributed by atoms with Gasteiger partial charge in [0.05, 0.1) is 56.3 Å². The zero-order valence-electron chi connectivity index (χ0n) is 51.3. The minimum Gasteiger partial charge on any atom is -0.481 e. The Morgan fingerprint density at radius 2 is 0.713 bits per heavy atom. The lowest BCUT2D eigenvalue weighted by Crippen LogP contribution is -2.51. The summed E-state index contributed by atoms with van der Waals surface area (Å²) in [7, 11) is 1.60. The van der Waals surface area contributed by atoms with E-state index in [1.165, 1.54) is 13.8 Å². The first-order valence-electron chi connectivity index (χ1n) is 29.1. The summed E-state index contributed by atoms with van der Waals surface area (Å²) in [6.07, 6.45) is -33.8. The van der Waals surface area contributed by atoms with Gasteiger partial charge in [-0.3, -0.25) is 52.7 Å². The second kappa shape index (κ2) is 44.7. The second-order valence-electron chi connectivity index (χ2n) is 22.4. The molecule has 19 atom stereocenters. The maximum absolute atomic E-state index is 14.5. The minimum atomic E-state index is -2.17. The van der Waals surface area contributed by atoms with Gasteiger partial charge in [-0.15, -0.1) is 0 Å². The molecule has 0 aliphatic heterocycles. The van der Waals surface area contributed by atoms with Crippen molar-refractivity contribution in [2.75, 3.05) is 45.2 Å². The number of carboxylic acids is 4. The number of hydrogen-bond donors (Lipinski definition) is 27. The largest absolute Gasteiger partial charge is 0.481 e. The Labute approximate surface area is 544 Å². The number of nitrogens with two attached hydrogens (primary N) is 2. The first-order valence-corrected chi connectivity index (χ1v) is 31.5. The fourth-order valence-corrected chi connectivity index (χ4v) is 11.0. The molecule has 0 aromatic carbocycles. The van der Waals surface area contributed by atoms with E-state index in [1.807, 2.05) is 0 Å². The highest BCUT2D eigenvalue weighted by molar-refractivity contribution is 8.77. The molecule has 0 saturated carbocycles. The van der Waals surface area contributed by atoms with Crippen molar-refractivity contribution < 1.29 is 155 Å². The zero-order chi connectivity index (χ0) is 72.5. The molecule has 94 heavy (non-hydrogen) atoms. The number of ketones is 2. The highest BCUT2D eigenvalue weighted by Crippen LogP contribution is 2.38. The lowest BCUT2D eigenvalue weighted by Gasteiger charge is -2.28. The Balaban J connectivity index is 7.30. The van der Waals surface area contributed by atoms with E-state index in [-0.39, 0.29) is 0 Å². The van der Waals surface area contributed by atoms with Gasteiger partial charge in [-0.05, 0) is 46.0 Å². The molecule has 0 saturated heterocycles. The summed E-state index contributed by atoms with van der Waals surface area (Å²) in [4.78, 5) is 157. The van der Waals surface area contributed by atoms with Crippen LogP contribution in [0.3, 0.4) is 0 Å². The molecule has 0 aromatic rings. The molecule has 0 radical (unpaired) electrons. The fourth-order valence-electron chi connectivity index (χ4n) is 8.22. The molecule has 41 heteroatoms. The summed E-state index contributed by atoms with van der Waals surface area (Å²) in [6.45, 7) is -2.66. The normalized spacial score (nSPS) is 17.9. The van der Waals surface area contributed by atoms with Gasteiger partial charge >= 0.3 is 23.9 Å². The average Bonchev–Trinajstić information content (AvgIpc) is 1.61. The van der Waals surface area contributed by atoms with Crippen molar-refractivity contribution in [1.29, 1.82) is 0 Å². The number of rotatable bonds is 52. The first-order chi connectivity index (χ1) is 43.7. The van der Waals surface area contributed by atoms with Crippen LogP contribution in [0.15, 0.2) is 0 Å². The van der Waals surface area contributed by atoms with Gasteiger partial charge in [0.25, 0.3) is 0 Å². The molecule has 0 heterocycles. The van der Waals surface area contributed by atoms with Crippen molar-refractivity contribution in [3.63, 3.8) is 0 Å². The van der Waals surface area contributed by atoms with Crippen LogP contribution in [0.5, 0.6) is 0 Å². The standard InChI is InChI=1S/C53H92N8O31S2/c1-53(2,47(55)52(91)92)94-93-21-27(51(89)90)61-49(87)23(4-9-37(74)57-16-31(68)42(81)45(84)34(71)19-63)14-28(65)25(6-11-39(76)77)59-48(86)22(3-8-36(73)56-15-30(67)41(80)44(83)33(70)18-62)13-29(66)26(7-12-40(78)79)60-50(88)24(54)5-10-38(75)58-17-32(69)43(82)46(85)35(72)20-64/h22-27,30-35,41-47,62-64,67-72,80-85H,3-21,54-55H2,1-2H3,(H,56,73)(H,57,74)(H,58,75)(H,59,86)(H,60,88)(H,61,87)(H,76,77)(H,78,79)(H,89,90)(H,91,92). The van der Waals surface area contributed by atoms with E-state index in [0.717, 1.165) is 21.6 Å². The Morgan fingerprint density at radius 1 is 0.404 bits per heavy atom. The lowest BCUT2D eigenvalue weighted by atomic mass is 9.89. The van der Waals surface area contributed by atoms with Gasteiger partial charge in [-0.25, -0.2) is 4.79 Å². The van der Waals surface area contributed by atoms with E-state index in [4.69, 9.17) is 26.8 Å². The van der Waals surface area contributed by atoms with Crippen molar-refractivity contribution in [3.05, 3.63) is 0 Å². The maximum atomic E-state index is 14.5. The number of hydrogen-bond acceptors (Lipinski definition) is 31. The molecule has 0 bridgehead atoms. The van der Waals surface area contributed by atoms with Crippen LogP contribution < -0.4 is 43.4 Å². The molecule has 0 aliphatic carbocycles.